The van der Waals surface area contributed by atoms with Crippen molar-refractivity contribution in [2.45, 2.75) is 19.4 Å². The number of aromatic amines is 1. The molecule has 6 nitrogen and oxygen atoms in total. The molecule has 1 aromatic rings. The number of hydrogen-bond donors (Lipinski definition) is 2. The first-order chi connectivity index (χ1) is 8.49. The molecule has 0 saturated heterocycles. The van der Waals surface area contributed by atoms with E-state index in [1.807, 2.05) is 13.2 Å². The van der Waals surface area contributed by atoms with Gasteiger partial charge in [-0.25, -0.2) is 9.78 Å². The maximum absolute atomic E-state index is 12.1. The van der Waals surface area contributed by atoms with Crippen LogP contribution in [0.2, 0.25) is 0 Å². The van der Waals surface area contributed by atoms with Crippen LogP contribution in [0.3, 0.4) is 0 Å². The molecule has 2 N–H and O–H groups in total. The van der Waals surface area contributed by atoms with Crippen molar-refractivity contribution < 1.29 is 14.7 Å². The Hall–Kier alpha value is -1.50. The topological polar surface area (TPSA) is 86.3 Å². The highest BCUT2D eigenvalue weighted by atomic mass is 32.2. The van der Waals surface area contributed by atoms with Crippen LogP contribution in [-0.2, 0) is 0 Å². The molecule has 1 heterocycles. The molecule has 0 aromatic carbocycles. The zero-order chi connectivity index (χ0) is 13.7. The lowest BCUT2D eigenvalue weighted by atomic mass is 10.2. The van der Waals surface area contributed by atoms with Gasteiger partial charge in [-0.15, -0.1) is 0 Å². The fourth-order valence-corrected chi connectivity index (χ4v) is 2.05. The molecular formula is C11H17N3O3S. The van der Waals surface area contributed by atoms with Crippen LogP contribution in [0, 0.1) is 0 Å². The highest BCUT2D eigenvalue weighted by Crippen LogP contribution is 2.11. The van der Waals surface area contributed by atoms with Crippen molar-refractivity contribution in [2.24, 2.45) is 0 Å². The van der Waals surface area contributed by atoms with E-state index < -0.39 is 5.97 Å². The van der Waals surface area contributed by atoms with Crippen LogP contribution in [0.25, 0.3) is 0 Å². The highest BCUT2D eigenvalue weighted by Gasteiger charge is 2.24. The number of nitrogens with zero attached hydrogens (tertiary/aromatic N) is 2. The number of carboxylic acid groups (broad SMARTS) is 1. The third kappa shape index (κ3) is 3.25. The van der Waals surface area contributed by atoms with Gasteiger partial charge in [0.15, 0.2) is 11.4 Å². The molecule has 7 heteroatoms. The van der Waals surface area contributed by atoms with Crippen LogP contribution < -0.4 is 0 Å². The third-order valence-corrected chi connectivity index (χ3v) is 3.42. The number of hydrogen-bond acceptors (Lipinski definition) is 4. The zero-order valence-electron chi connectivity index (χ0n) is 10.6. The lowest BCUT2D eigenvalue weighted by molar-refractivity contribution is 0.0664. The SMILES string of the molecule is CSCCC(C)N(C)C(=O)c1nc[nH]c1C(=O)O. The number of amides is 1. The van der Waals surface area contributed by atoms with Gasteiger partial charge < -0.3 is 15.0 Å². The summed E-state index contributed by atoms with van der Waals surface area (Å²) < 4.78 is 0. The molecule has 0 aliphatic carbocycles. The van der Waals surface area contributed by atoms with Crippen LogP contribution in [0.4, 0.5) is 0 Å². The third-order valence-electron chi connectivity index (χ3n) is 2.78. The number of rotatable bonds is 6. The standard InChI is InChI=1S/C11H17N3O3S/c1-7(4-5-18-3)14(2)10(15)8-9(11(16)17)13-6-12-8/h6-7H,4-5H2,1-3H3,(H,12,13)(H,16,17). The maximum atomic E-state index is 12.1. The molecule has 1 amide bonds. The second-order valence-electron chi connectivity index (χ2n) is 3.98. The number of imidazole rings is 1. The van der Waals surface area contributed by atoms with E-state index in [4.69, 9.17) is 5.11 Å². The summed E-state index contributed by atoms with van der Waals surface area (Å²) in [4.78, 5) is 30.8. The van der Waals surface area contributed by atoms with Crippen LogP contribution >= 0.6 is 11.8 Å². The average molecular weight is 271 g/mol. The van der Waals surface area contributed by atoms with E-state index in [1.54, 1.807) is 18.8 Å². The molecule has 0 radical (unpaired) electrons. The Labute approximate surface area is 110 Å². The summed E-state index contributed by atoms with van der Waals surface area (Å²) in [5.74, 6) is -0.603. The Morgan fingerprint density at radius 1 is 1.61 bits per heavy atom. The summed E-state index contributed by atoms with van der Waals surface area (Å²) >= 11 is 1.71. The zero-order valence-corrected chi connectivity index (χ0v) is 11.5. The number of carboxylic acids is 1. The lowest BCUT2D eigenvalue weighted by Crippen LogP contribution is -2.36. The molecule has 1 aromatic heterocycles. The molecule has 1 unspecified atom stereocenters. The number of H-pyrrole nitrogens is 1. The van der Waals surface area contributed by atoms with Gasteiger partial charge in [0.05, 0.1) is 6.33 Å². The van der Waals surface area contributed by atoms with Crippen molar-refractivity contribution in [2.75, 3.05) is 19.1 Å². The molecule has 0 spiro atoms. The quantitative estimate of drug-likeness (QED) is 0.815. The first-order valence-electron chi connectivity index (χ1n) is 5.51. The van der Waals surface area contributed by atoms with Crippen molar-refractivity contribution in [1.29, 1.82) is 0 Å². The van der Waals surface area contributed by atoms with E-state index in [2.05, 4.69) is 9.97 Å². The number of nitrogens with one attached hydrogen (secondary N) is 1. The van der Waals surface area contributed by atoms with E-state index in [9.17, 15) is 9.59 Å². The number of carbonyl (C=O) groups excluding carboxylic acids is 1. The van der Waals surface area contributed by atoms with E-state index in [0.29, 0.717) is 0 Å². The number of carbonyl (C=O) groups is 2. The van der Waals surface area contributed by atoms with E-state index in [1.165, 1.54) is 11.2 Å². The molecule has 18 heavy (non-hydrogen) atoms. The summed E-state index contributed by atoms with van der Waals surface area (Å²) in [5.41, 5.74) is -0.204. The monoisotopic (exact) mass is 271 g/mol. The number of aromatic carboxylic acids is 1. The van der Waals surface area contributed by atoms with Gasteiger partial charge in [0.1, 0.15) is 0 Å². The minimum atomic E-state index is -1.18. The largest absolute Gasteiger partial charge is 0.477 e. The minimum absolute atomic E-state index is 0.0407. The van der Waals surface area contributed by atoms with Crippen LogP contribution in [0.5, 0.6) is 0 Å². The maximum Gasteiger partial charge on any atom is 0.354 e. The smallest absolute Gasteiger partial charge is 0.354 e. The fourth-order valence-electron chi connectivity index (χ4n) is 1.47. The van der Waals surface area contributed by atoms with E-state index >= 15 is 0 Å². The van der Waals surface area contributed by atoms with Crippen LogP contribution in [-0.4, -0.2) is 56.9 Å². The Morgan fingerprint density at radius 3 is 2.83 bits per heavy atom. The van der Waals surface area contributed by atoms with Gasteiger partial charge in [0.2, 0.25) is 0 Å². The number of thioether (sulfide) groups is 1. The predicted molar refractivity (Wildman–Crippen MR) is 70.1 cm³/mol. The molecule has 1 atom stereocenters. The molecule has 0 saturated carbocycles. The van der Waals surface area contributed by atoms with E-state index in [0.717, 1.165) is 12.2 Å². The summed E-state index contributed by atoms with van der Waals surface area (Å²) in [7, 11) is 1.66. The molecular weight excluding hydrogens is 254 g/mol. The van der Waals surface area contributed by atoms with Gasteiger partial charge in [0, 0.05) is 13.1 Å². The fraction of sp³-hybridized carbons (Fsp3) is 0.545. The van der Waals surface area contributed by atoms with Crippen molar-refractivity contribution in [3.8, 4) is 0 Å². The number of aromatic nitrogens is 2. The van der Waals surface area contributed by atoms with Crippen LogP contribution in [0.15, 0.2) is 6.33 Å². The van der Waals surface area contributed by atoms with Crippen LogP contribution in [0.1, 0.15) is 34.3 Å². The highest BCUT2D eigenvalue weighted by molar-refractivity contribution is 7.98. The van der Waals surface area contributed by atoms with Gasteiger partial charge >= 0.3 is 5.97 Å². The van der Waals surface area contributed by atoms with Gasteiger partial charge in [-0.05, 0) is 25.4 Å². The second-order valence-corrected chi connectivity index (χ2v) is 4.96. The lowest BCUT2D eigenvalue weighted by Gasteiger charge is -2.24. The summed E-state index contributed by atoms with van der Waals surface area (Å²) in [6.45, 7) is 1.93. The van der Waals surface area contributed by atoms with Crippen molar-refractivity contribution >= 4 is 23.6 Å². The Bertz CT molecular complexity index is 433. The second kappa shape index (κ2) is 6.44. The van der Waals surface area contributed by atoms with Gasteiger partial charge in [-0.3, -0.25) is 4.79 Å². The van der Waals surface area contributed by atoms with Gasteiger partial charge in [-0.1, -0.05) is 0 Å². The average Bonchev–Trinajstić information content (AvgIpc) is 2.83. The molecule has 0 bridgehead atoms. The van der Waals surface area contributed by atoms with Crippen molar-refractivity contribution in [3.63, 3.8) is 0 Å². The molecule has 0 aliphatic heterocycles. The van der Waals surface area contributed by atoms with Crippen molar-refractivity contribution in [1.82, 2.24) is 14.9 Å². The Balaban J connectivity index is 2.80. The summed E-state index contributed by atoms with van der Waals surface area (Å²) in [6.07, 6.45) is 4.08. The predicted octanol–water partition coefficient (Wildman–Crippen LogP) is 1.32. The molecule has 100 valence electrons. The Kier molecular flexibility index (Phi) is 5.21. The molecule has 1 rings (SSSR count). The molecule has 0 fully saturated rings. The van der Waals surface area contributed by atoms with Crippen molar-refractivity contribution in [3.05, 3.63) is 17.7 Å². The first kappa shape index (κ1) is 14.6. The summed E-state index contributed by atoms with van der Waals surface area (Å²) in [6, 6.07) is 0.0447. The summed E-state index contributed by atoms with van der Waals surface area (Å²) in [5, 5.41) is 8.92. The minimum Gasteiger partial charge on any atom is -0.477 e. The normalized spacial score (nSPS) is 12.2. The van der Waals surface area contributed by atoms with Gasteiger partial charge in [0.25, 0.3) is 5.91 Å². The molecule has 0 aliphatic rings. The van der Waals surface area contributed by atoms with E-state index in [-0.39, 0.29) is 23.3 Å². The van der Waals surface area contributed by atoms with Gasteiger partial charge in [-0.2, -0.15) is 11.8 Å². The first-order valence-corrected chi connectivity index (χ1v) is 6.91. The Morgan fingerprint density at radius 2 is 2.28 bits per heavy atom.